The summed E-state index contributed by atoms with van der Waals surface area (Å²) in [7, 11) is 1.43. The van der Waals surface area contributed by atoms with Gasteiger partial charge in [0.2, 0.25) is 0 Å². The molecule has 16 heavy (non-hydrogen) atoms. The summed E-state index contributed by atoms with van der Waals surface area (Å²) in [6.45, 7) is 2.59. The summed E-state index contributed by atoms with van der Waals surface area (Å²) in [5.41, 5.74) is 0. The second-order valence-corrected chi connectivity index (χ2v) is 4.16. The average Bonchev–Trinajstić information content (AvgIpc) is 2.82. The topological polar surface area (TPSA) is 47.4 Å². The van der Waals surface area contributed by atoms with E-state index in [2.05, 4.69) is 9.55 Å². The minimum absolute atomic E-state index is 0.207. The summed E-state index contributed by atoms with van der Waals surface area (Å²) in [5.74, 6) is 0.634. The lowest BCUT2D eigenvalue weighted by Gasteiger charge is -2.30. The van der Waals surface area contributed by atoms with Crippen LogP contribution in [0.25, 0.3) is 0 Å². The Labute approximate surface area is 95.0 Å². The van der Waals surface area contributed by atoms with Gasteiger partial charge >= 0.3 is 6.09 Å². The highest BCUT2D eigenvalue weighted by Crippen LogP contribution is 2.19. The van der Waals surface area contributed by atoms with Gasteiger partial charge in [-0.15, -0.1) is 0 Å². The number of carbonyl (C=O) groups excluding carboxylic acids is 1. The fourth-order valence-corrected chi connectivity index (χ4v) is 2.12. The fraction of sp³-hybridized carbons (Fsp3) is 0.636. The number of carbonyl (C=O) groups is 1. The van der Waals surface area contributed by atoms with Crippen LogP contribution in [0.4, 0.5) is 4.79 Å². The van der Waals surface area contributed by atoms with E-state index in [4.69, 9.17) is 4.74 Å². The van der Waals surface area contributed by atoms with Crippen LogP contribution < -0.4 is 0 Å². The molecule has 0 atom stereocenters. The van der Waals surface area contributed by atoms with Crippen LogP contribution in [0.1, 0.15) is 12.8 Å². The number of methoxy groups -OCH3 is 1. The van der Waals surface area contributed by atoms with Gasteiger partial charge in [0.25, 0.3) is 0 Å². The van der Waals surface area contributed by atoms with Gasteiger partial charge in [-0.05, 0) is 18.8 Å². The highest BCUT2D eigenvalue weighted by atomic mass is 16.5. The van der Waals surface area contributed by atoms with Crippen molar-refractivity contribution in [3.8, 4) is 0 Å². The van der Waals surface area contributed by atoms with Crippen molar-refractivity contribution in [1.29, 1.82) is 0 Å². The Morgan fingerprint density at radius 2 is 2.25 bits per heavy atom. The third-order valence-electron chi connectivity index (χ3n) is 3.08. The second-order valence-electron chi connectivity index (χ2n) is 4.16. The molecule has 5 heteroatoms. The first-order valence-corrected chi connectivity index (χ1v) is 5.58. The molecule has 0 bridgehead atoms. The molecule has 0 unspecified atom stereocenters. The van der Waals surface area contributed by atoms with Gasteiger partial charge in [-0.1, -0.05) is 0 Å². The van der Waals surface area contributed by atoms with Gasteiger partial charge in [-0.3, -0.25) is 0 Å². The van der Waals surface area contributed by atoms with Gasteiger partial charge in [-0.2, -0.15) is 0 Å². The lowest BCUT2D eigenvalue weighted by atomic mass is 9.97. The molecular formula is C11H17N3O2. The monoisotopic (exact) mass is 223 g/mol. The van der Waals surface area contributed by atoms with E-state index in [9.17, 15) is 4.79 Å². The number of ether oxygens (including phenoxy) is 1. The van der Waals surface area contributed by atoms with Crippen LogP contribution in [0.2, 0.25) is 0 Å². The molecule has 1 amide bonds. The maximum absolute atomic E-state index is 11.3. The molecule has 0 spiro atoms. The Morgan fingerprint density at radius 1 is 1.50 bits per heavy atom. The van der Waals surface area contributed by atoms with Gasteiger partial charge in [0, 0.05) is 32.0 Å². The maximum Gasteiger partial charge on any atom is 0.409 e. The number of nitrogens with zero attached hydrogens (tertiary/aromatic N) is 3. The van der Waals surface area contributed by atoms with Crippen molar-refractivity contribution in [2.45, 2.75) is 19.4 Å². The third kappa shape index (κ3) is 2.53. The third-order valence-corrected chi connectivity index (χ3v) is 3.08. The lowest BCUT2D eigenvalue weighted by molar-refractivity contribution is 0.104. The van der Waals surface area contributed by atoms with Crippen LogP contribution in [0.3, 0.4) is 0 Å². The van der Waals surface area contributed by atoms with Crippen LogP contribution >= 0.6 is 0 Å². The largest absolute Gasteiger partial charge is 0.453 e. The van der Waals surface area contributed by atoms with Crippen LogP contribution in [0.5, 0.6) is 0 Å². The number of piperidine rings is 1. The maximum atomic E-state index is 11.3. The van der Waals surface area contributed by atoms with Gasteiger partial charge in [0.05, 0.1) is 13.4 Å². The van der Waals surface area contributed by atoms with Gasteiger partial charge in [0.15, 0.2) is 0 Å². The molecule has 1 aliphatic heterocycles. The number of aromatic nitrogens is 2. The number of imidazole rings is 1. The van der Waals surface area contributed by atoms with Gasteiger partial charge in [0.1, 0.15) is 0 Å². The van der Waals surface area contributed by atoms with E-state index in [1.165, 1.54) is 7.11 Å². The van der Waals surface area contributed by atoms with E-state index in [0.29, 0.717) is 5.92 Å². The average molecular weight is 223 g/mol. The molecule has 1 aromatic rings. The molecule has 2 rings (SSSR count). The predicted molar refractivity (Wildman–Crippen MR) is 58.9 cm³/mol. The fourth-order valence-electron chi connectivity index (χ4n) is 2.12. The van der Waals surface area contributed by atoms with E-state index < -0.39 is 0 Å². The zero-order valence-corrected chi connectivity index (χ0v) is 9.50. The highest BCUT2D eigenvalue weighted by molar-refractivity contribution is 5.67. The molecular weight excluding hydrogens is 206 g/mol. The van der Waals surface area contributed by atoms with E-state index in [1.807, 2.05) is 12.5 Å². The number of rotatable bonds is 2. The summed E-state index contributed by atoms with van der Waals surface area (Å²) >= 11 is 0. The molecule has 0 aromatic carbocycles. The smallest absolute Gasteiger partial charge is 0.409 e. The summed E-state index contributed by atoms with van der Waals surface area (Å²) in [6.07, 6.45) is 7.48. The number of likely N-dealkylation sites (tertiary alicyclic amines) is 1. The predicted octanol–water partition coefficient (Wildman–Crippen LogP) is 1.36. The molecule has 1 aliphatic rings. The van der Waals surface area contributed by atoms with Crippen molar-refractivity contribution in [3.63, 3.8) is 0 Å². The van der Waals surface area contributed by atoms with E-state index in [0.717, 1.165) is 32.5 Å². The summed E-state index contributed by atoms with van der Waals surface area (Å²) < 4.78 is 6.80. The zero-order valence-electron chi connectivity index (χ0n) is 9.50. The normalized spacial score (nSPS) is 17.4. The first kappa shape index (κ1) is 11.0. The Balaban J connectivity index is 1.79. The summed E-state index contributed by atoms with van der Waals surface area (Å²) in [6, 6.07) is 0. The summed E-state index contributed by atoms with van der Waals surface area (Å²) in [5, 5.41) is 0. The number of amides is 1. The van der Waals surface area contributed by atoms with E-state index in [-0.39, 0.29) is 6.09 Å². The molecule has 0 N–H and O–H groups in total. The molecule has 1 aromatic heterocycles. The molecule has 0 radical (unpaired) electrons. The van der Waals surface area contributed by atoms with E-state index in [1.54, 1.807) is 11.1 Å². The molecule has 88 valence electrons. The van der Waals surface area contributed by atoms with Crippen LogP contribution in [0.15, 0.2) is 18.7 Å². The van der Waals surface area contributed by atoms with Crippen molar-refractivity contribution < 1.29 is 9.53 Å². The van der Waals surface area contributed by atoms with Gasteiger partial charge < -0.3 is 14.2 Å². The number of hydrogen-bond acceptors (Lipinski definition) is 3. The van der Waals surface area contributed by atoms with Crippen LogP contribution in [-0.2, 0) is 11.3 Å². The Hall–Kier alpha value is -1.52. The first-order valence-electron chi connectivity index (χ1n) is 5.58. The quantitative estimate of drug-likeness (QED) is 0.760. The van der Waals surface area contributed by atoms with Crippen molar-refractivity contribution in [2.75, 3.05) is 20.2 Å². The van der Waals surface area contributed by atoms with Gasteiger partial charge in [-0.25, -0.2) is 9.78 Å². The Kier molecular flexibility index (Phi) is 3.44. The summed E-state index contributed by atoms with van der Waals surface area (Å²) in [4.78, 5) is 17.1. The first-order chi connectivity index (χ1) is 7.79. The molecule has 1 fully saturated rings. The van der Waals surface area contributed by atoms with Crippen LogP contribution in [-0.4, -0.2) is 40.7 Å². The second kappa shape index (κ2) is 5.01. The Morgan fingerprint density at radius 3 is 2.81 bits per heavy atom. The lowest BCUT2D eigenvalue weighted by Crippen LogP contribution is -2.39. The SMILES string of the molecule is COC(=O)N1CCC(Cn2ccnc2)CC1. The zero-order chi connectivity index (χ0) is 11.4. The van der Waals surface area contributed by atoms with Crippen molar-refractivity contribution >= 4 is 6.09 Å². The molecule has 0 saturated carbocycles. The van der Waals surface area contributed by atoms with Crippen LogP contribution in [0, 0.1) is 5.92 Å². The highest BCUT2D eigenvalue weighted by Gasteiger charge is 2.23. The Bertz CT molecular complexity index is 329. The minimum atomic E-state index is -0.207. The van der Waals surface area contributed by atoms with E-state index >= 15 is 0 Å². The number of hydrogen-bond donors (Lipinski definition) is 0. The molecule has 1 saturated heterocycles. The standard InChI is InChI=1S/C11H17N3O2/c1-16-11(15)14-5-2-10(3-6-14)8-13-7-4-12-9-13/h4,7,9-10H,2-3,5-6,8H2,1H3. The molecule has 0 aliphatic carbocycles. The minimum Gasteiger partial charge on any atom is -0.453 e. The van der Waals surface area contributed by atoms with Crippen molar-refractivity contribution in [1.82, 2.24) is 14.5 Å². The molecule has 2 heterocycles. The van der Waals surface area contributed by atoms with Crippen molar-refractivity contribution in [3.05, 3.63) is 18.7 Å². The van der Waals surface area contributed by atoms with Crippen molar-refractivity contribution in [2.24, 2.45) is 5.92 Å². The molecule has 5 nitrogen and oxygen atoms in total.